The summed E-state index contributed by atoms with van der Waals surface area (Å²) in [4.78, 5) is 13.3. The van der Waals surface area contributed by atoms with E-state index < -0.39 is 0 Å². The van der Waals surface area contributed by atoms with Gasteiger partial charge < -0.3 is 5.11 Å². The predicted molar refractivity (Wildman–Crippen MR) is 101 cm³/mol. The molecule has 3 nitrogen and oxygen atoms in total. The molecule has 26 heavy (non-hydrogen) atoms. The lowest BCUT2D eigenvalue weighted by molar-refractivity contribution is -0.160. The van der Waals surface area contributed by atoms with Gasteiger partial charge in [-0.15, -0.1) is 0 Å². The van der Waals surface area contributed by atoms with Crippen molar-refractivity contribution >= 4 is 5.78 Å². The van der Waals surface area contributed by atoms with Gasteiger partial charge in [-0.2, -0.15) is 5.26 Å². The quantitative estimate of drug-likeness (QED) is 0.777. The maximum Gasteiger partial charge on any atom is 0.136 e. The summed E-state index contributed by atoms with van der Waals surface area (Å²) in [5.74, 6) is 3.20. The van der Waals surface area contributed by atoms with E-state index in [-0.39, 0.29) is 22.9 Å². The van der Waals surface area contributed by atoms with Crippen molar-refractivity contribution in [1.82, 2.24) is 0 Å². The largest absolute Gasteiger partial charge is 0.393 e. The number of fused-ring (bicyclic) bond motifs is 5. The Morgan fingerprint density at radius 2 is 1.85 bits per heavy atom. The molecule has 0 aromatic carbocycles. The number of hydrogen-bond acceptors (Lipinski definition) is 3. The molecule has 0 bridgehead atoms. The molecule has 0 aromatic heterocycles. The first-order valence-electron chi connectivity index (χ1n) is 10.9. The molecular formula is C23H35NO2. The maximum absolute atomic E-state index is 13.3. The Balaban J connectivity index is 1.63. The number of nitrogens with zero attached hydrogens (tertiary/aromatic N) is 1. The fourth-order valence-electron chi connectivity index (χ4n) is 8.17. The summed E-state index contributed by atoms with van der Waals surface area (Å²) in [5, 5.41) is 19.3. The first kappa shape index (κ1) is 18.5. The normalized spacial score (nSPS) is 51.7. The summed E-state index contributed by atoms with van der Waals surface area (Å²) in [6, 6.07) is 2.38. The minimum atomic E-state index is -0.200. The molecule has 0 heterocycles. The average molecular weight is 358 g/mol. The standard InChI is InChI=1S/C23H35NO2/c1-14(8-11-24)17-4-5-18-21-19(7-10-23(17,18)3)22(2)9-6-16(25)12-15(22)13-20(21)26/h14-19,21,25H,4-10,12-13H2,1-3H3/t14-,15+,16-,17-,18?,19?,21?,22+,23-/m1/s1. The van der Waals surface area contributed by atoms with Crippen LogP contribution in [0.5, 0.6) is 0 Å². The number of ketones is 1. The van der Waals surface area contributed by atoms with Crippen molar-refractivity contribution < 1.29 is 9.90 Å². The van der Waals surface area contributed by atoms with Crippen molar-refractivity contribution in [3.63, 3.8) is 0 Å². The van der Waals surface area contributed by atoms with E-state index in [0.29, 0.717) is 48.2 Å². The number of aliphatic hydroxyl groups is 1. The van der Waals surface area contributed by atoms with Crippen LogP contribution < -0.4 is 0 Å². The minimum Gasteiger partial charge on any atom is -0.393 e. The van der Waals surface area contributed by atoms with Crippen LogP contribution in [0.3, 0.4) is 0 Å². The van der Waals surface area contributed by atoms with E-state index in [1.165, 1.54) is 25.7 Å². The molecule has 3 unspecified atom stereocenters. The van der Waals surface area contributed by atoms with Gasteiger partial charge in [-0.3, -0.25) is 4.79 Å². The van der Waals surface area contributed by atoms with E-state index in [0.717, 1.165) is 19.3 Å². The monoisotopic (exact) mass is 357 g/mol. The van der Waals surface area contributed by atoms with Crippen LogP contribution in [0.1, 0.15) is 78.6 Å². The first-order valence-corrected chi connectivity index (χ1v) is 10.9. The summed E-state index contributed by atoms with van der Waals surface area (Å²) in [7, 11) is 0. The molecule has 4 rings (SSSR count). The smallest absolute Gasteiger partial charge is 0.136 e. The van der Waals surface area contributed by atoms with Crippen molar-refractivity contribution in [3.05, 3.63) is 0 Å². The SMILES string of the molecule is C[C@H](CC#N)[C@H]1CCC2C3C(=O)C[C@@H]4C[C@H](O)CC[C@]4(C)C3CC[C@@]21C. The molecule has 4 saturated carbocycles. The first-order chi connectivity index (χ1) is 12.3. The van der Waals surface area contributed by atoms with Crippen molar-refractivity contribution in [3.8, 4) is 6.07 Å². The molecule has 4 aliphatic carbocycles. The van der Waals surface area contributed by atoms with Gasteiger partial charge in [0.25, 0.3) is 0 Å². The van der Waals surface area contributed by atoms with Gasteiger partial charge >= 0.3 is 0 Å². The number of nitriles is 1. The average Bonchev–Trinajstić information content (AvgIpc) is 2.94. The highest BCUT2D eigenvalue weighted by atomic mass is 16.3. The second kappa shape index (κ2) is 6.33. The van der Waals surface area contributed by atoms with Crippen molar-refractivity contribution in [2.24, 2.45) is 46.3 Å². The number of carbonyl (C=O) groups is 1. The number of rotatable bonds is 2. The third-order valence-electron chi connectivity index (χ3n) is 9.62. The second-order valence-corrected chi connectivity index (χ2v) is 10.6. The zero-order valence-electron chi connectivity index (χ0n) is 16.7. The molecule has 3 heteroatoms. The van der Waals surface area contributed by atoms with Crippen LogP contribution in [-0.4, -0.2) is 17.0 Å². The number of carbonyl (C=O) groups excluding carboxylic acids is 1. The van der Waals surface area contributed by atoms with E-state index in [1.807, 2.05) is 0 Å². The Labute approximate surface area is 158 Å². The highest BCUT2D eigenvalue weighted by Gasteiger charge is 2.62. The van der Waals surface area contributed by atoms with E-state index in [2.05, 4.69) is 26.8 Å². The summed E-state index contributed by atoms with van der Waals surface area (Å²) in [6.07, 6.45) is 8.72. The number of aliphatic hydroxyl groups excluding tert-OH is 1. The molecule has 4 fully saturated rings. The highest BCUT2D eigenvalue weighted by Crippen LogP contribution is 2.67. The molecule has 1 N–H and O–H groups in total. The fraction of sp³-hybridized carbons (Fsp3) is 0.913. The predicted octanol–water partition coefficient (Wildman–Crippen LogP) is 4.73. The Kier molecular flexibility index (Phi) is 4.50. The zero-order valence-corrected chi connectivity index (χ0v) is 16.7. The van der Waals surface area contributed by atoms with Gasteiger partial charge in [0.2, 0.25) is 0 Å². The molecule has 4 aliphatic rings. The zero-order chi connectivity index (χ0) is 18.7. The Morgan fingerprint density at radius 1 is 1.15 bits per heavy atom. The summed E-state index contributed by atoms with van der Waals surface area (Å²) < 4.78 is 0. The third-order valence-corrected chi connectivity index (χ3v) is 9.62. The molecule has 0 amide bonds. The molecule has 0 spiro atoms. The molecule has 0 radical (unpaired) electrons. The van der Waals surface area contributed by atoms with Crippen LogP contribution in [0.25, 0.3) is 0 Å². The van der Waals surface area contributed by atoms with Gasteiger partial charge in [-0.1, -0.05) is 20.8 Å². The highest BCUT2D eigenvalue weighted by molar-refractivity contribution is 5.83. The van der Waals surface area contributed by atoms with Gasteiger partial charge in [0.05, 0.1) is 12.2 Å². The maximum atomic E-state index is 13.3. The Morgan fingerprint density at radius 3 is 2.58 bits per heavy atom. The summed E-state index contributed by atoms with van der Waals surface area (Å²) >= 11 is 0. The fourth-order valence-corrected chi connectivity index (χ4v) is 8.17. The van der Waals surface area contributed by atoms with Gasteiger partial charge in [0, 0.05) is 18.8 Å². The van der Waals surface area contributed by atoms with Gasteiger partial charge in [0.15, 0.2) is 0 Å². The second-order valence-electron chi connectivity index (χ2n) is 10.6. The van der Waals surface area contributed by atoms with Gasteiger partial charge in [-0.05, 0) is 85.4 Å². The number of Topliss-reactive ketones (excluding diaryl/α,β-unsaturated/α-hetero) is 1. The Bertz CT molecular complexity index is 624. The molecule has 144 valence electrons. The van der Waals surface area contributed by atoms with Crippen LogP contribution in [0, 0.1) is 57.7 Å². The van der Waals surface area contributed by atoms with Crippen molar-refractivity contribution in [2.45, 2.75) is 84.7 Å². The van der Waals surface area contributed by atoms with Crippen LogP contribution in [0.2, 0.25) is 0 Å². The van der Waals surface area contributed by atoms with E-state index in [1.54, 1.807) is 0 Å². The Hall–Kier alpha value is -0.880. The molecular weight excluding hydrogens is 322 g/mol. The minimum absolute atomic E-state index is 0.200. The van der Waals surface area contributed by atoms with Crippen LogP contribution >= 0.6 is 0 Å². The van der Waals surface area contributed by atoms with E-state index >= 15 is 0 Å². The molecule has 0 aliphatic heterocycles. The number of hydrogen-bond donors (Lipinski definition) is 1. The van der Waals surface area contributed by atoms with Crippen LogP contribution in [-0.2, 0) is 4.79 Å². The van der Waals surface area contributed by atoms with E-state index in [9.17, 15) is 9.90 Å². The van der Waals surface area contributed by atoms with Crippen LogP contribution in [0.4, 0.5) is 0 Å². The van der Waals surface area contributed by atoms with Crippen molar-refractivity contribution in [2.75, 3.05) is 0 Å². The van der Waals surface area contributed by atoms with E-state index in [4.69, 9.17) is 5.26 Å². The lowest BCUT2D eigenvalue weighted by atomic mass is 9.44. The topological polar surface area (TPSA) is 61.1 Å². The third kappa shape index (κ3) is 2.51. The van der Waals surface area contributed by atoms with Gasteiger partial charge in [-0.25, -0.2) is 0 Å². The van der Waals surface area contributed by atoms with Crippen molar-refractivity contribution in [1.29, 1.82) is 5.26 Å². The lowest BCUT2D eigenvalue weighted by Crippen LogP contribution is -2.57. The lowest BCUT2D eigenvalue weighted by Gasteiger charge is -2.60. The van der Waals surface area contributed by atoms with Crippen LogP contribution in [0.15, 0.2) is 0 Å². The molecule has 0 saturated heterocycles. The van der Waals surface area contributed by atoms with Gasteiger partial charge in [0.1, 0.15) is 5.78 Å². The molecule has 9 atom stereocenters. The summed E-state index contributed by atoms with van der Waals surface area (Å²) in [5.41, 5.74) is 0.486. The summed E-state index contributed by atoms with van der Waals surface area (Å²) in [6.45, 7) is 7.11. The molecule has 0 aromatic rings.